The molecule has 18 heteroatoms. The first-order valence-electron chi connectivity index (χ1n) is 20.3. The minimum Gasteiger partial charge on any atom is -0.449 e. The molecule has 4 rings (SSSR count). The first-order chi connectivity index (χ1) is 28.1. The van der Waals surface area contributed by atoms with Gasteiger partial charge in [0.15, 0.2) is 11.9 Å². The van der Waals surface area contributed by atoms with E-state index in [-0.39, 0.29) is 36.2 Å². The monoisotopic (exact) mass is 806 g/mol. The molecule has 2 heterocycles. The summed E-state index contributed by atoms with van der Waals surface area (Å²) >= 11 is 0. The van der Waals surface area contributed by atoms with Crippen molar-refractivity contribution in [1.82, 2.24) is 30.2 Å². The van der Waals surface area contributed by atoms with Gasteiger partial charge in [-0.15, -0.1) is 0 Å². The number of unbranched alkanes of at least 4 members (excludes halogenated alkanes) is 9. The van der Waals surface area contributed by atoms with Crippen LogP contribution in [0.15, 0.2) is 58.5 Å². The van der Waals surface area contributed by atoms with Gasteiger partial charge in [-0.05, 0) is 48.2 Å². The number of carbonyl (C=O) groups excluding carboxylic acids is 4. The van der Waals surface area contributed by atoms with E-state index in [1.54, 1.807) is 43.9 Å². The molecule has 10 N–H and O–H groups in total. The highest BCUT2D eigenvalue weighted by Gasteiger charge is 2.26. The first kappa shape index (κ1) is 44.8. The highest BCUT2D eigenvalue weighted by atomic mass is 16.6. The molecule has 0 unspecified atom stereocenters. The number of ether oxygens (including phenoxy) is 2. The molecule has 58 heavy (non-hydrogen) atoms. The third-order valence-electron chi connectivity index (χ3n) is 9.92. The van der Waals surface area contributed by atoms with Crippen LogP contribution in [0.5, 0.6) is 0 Å². The van der Waals surface area contributed by atoms with Crippen molar-refractivity contribution in [1.29, 1.82) is 0 Å². The maximum Gasteiger partial charge on any atom is 0.409 e. The lowest BCUT2D eigenvalue weighted by Gasteiger charge is -2.34. The van der Waals surface area contributed by atoms with Crippen LogP contribution in [0.25, 0.3) is 0 Å². The molecular weight excluding hydrogens is 745 g/mol. The van der Waals surface area contributed by atoms with E-state index in [4.69, 9.17) is 32.4 Å². The molecule has 0 bridgehead atoms. The number of hydrogen-bond donors (Lipinski definition) is 6. The number of hydrogen-bond acceptors (Lipinski definition) is 8. The van der Waals surface area contributed by atoms with Gasteiger partial charge in [0.2, 0.25) is 0 Å². The molecule has 0 saturated carbocycles. The second kappa shape index (κ2) is 24.6. The molecule has 6 amide bonds. The average Bonchev–Trinajstić information content (AvgIpc) is 3.22. The van der Waals surface area contributed by atoms with E-state index in [0.29, 0.717) is 90.0 Å². The molecule has 0 atom stereocenters. The fourth-order valence-electron chi connectivity index (χ4n) is 6.56. The van der Waals surface area contributed by atoms with Crippen molar-refractivity contribution in [2.24, 2.45) is 32.9 Å². The SMILES string of the molecule is NC(N)=Nc1ccc(CNC(=O)N2CCN(C(=O)OCCCCCCCCCCCCOC(=O)N3CCN(C(=O)NCc4ccc(N=C(N)N)cc4)CC3)CC2)cc1. The normalized spacial score (nSPS) is 14.0. The van der Waals surface area contributed by atoms with E-state index in [0.717, 1.165) is 62.5 Å². The number of amides is 6. The van der Waals surface area contributed by atoms with Gasteiger partial charge in [0.25, 0.3) is 0 Å². The standard InChI is InChI=1S/C40H62N12O6/c41-35(42)47-33-15-11-31(12-16-33)29-45-37(53)49-19-23-51(24-20-49)39(55)57-27-9-7-5-3-1-2-4-6-8-10-28-58-40(56)52-25-21-50(22-26-52)38(54)46-30-32-13-17-34(18-14-32)48-36(43)44/h11-18H,1-10,19-30H2,(H,45,53)(H,46,54)(H4,41,42,47)(H4,43,44,48). The van der Waals surface area contributed by atoms with Crippen LogP contribution in [0.4, 0.5) is 30.6 Å². The number of nitrogens with two attached hydrogens (primary N) is 4. The number of aliphatic imine (C=N–C) groups is 2. The largest absolute Gasteiger partial charge is 0.449 e. The van der Waals surface area contributed by atoms with Gasteiger partial charge < -0.3 is 62.6 Å². The summed E-state index contributed by atoms with van der Waals surface area (Å²) in [5, 5.41) is 5.83. The van der Waals surface area contributed by atoms with Gasteiger partial charge in [-0.3, -0.25) is 0 Å². The van der Waals surface area contributed by atoms with E-state index in [2.05, 4.69) is 20.6 Å². The summed E-state index contributed by atoms with van der Waals surface area (Å²) in [7, 11) is 0. The molecule has 0 radical (unpaired) electrons. The van der Waals surface area contributed by atoms with Gasteiger partial charge in [0.05, 0.1) is 24.6 Å². The zero-order valence-corrected chi connectivity index (χ0v) is 33.6. The Bertz CT molecular complexity index is 1510. The average molecular weight is 807 g/mol. The van der Waals surface area contributed by atoms with Gasteiger partial charge in [-0.25, -0.2) is 29.2 Å². The summed E-state index contributed by atoms with van der Waals surface area (Å²) in [5.41, 5.74) is 24.7. The minimum atomic E-state index is -0.322. The molecular formula is C40H62N12O6. The van der Waals surface area contributed by atoms with Gasteiger partial charge in [-0.1, -0.05) is 75.6 Å². The molecule has 18 nitrogen and oxygen atoms in total. The molecule has 2 aromatic carbocycles. The predicted octanol–water partition coefficient (Wildman–Crippen LogP) is 4.03. The Kier molecular flexibility index (Phi) is 19.0. The Balaban J connectivity index is 0.905. The van der Waals surface area contributed by atoms with Gasteiger partial charge in [0, 0.05) is 65.4 Å². The number of nitrogens with one attached hydrogen (secondary N) is 2. The van der Waals surface area contributed by atoms with Crippen LogP contribution >= 0.6 is 0 Å². The number of nitrogens with zero attached hydrogens (tertiary/aromatic N) is 6. The predicted molar refractivity (Wildman–Crippen MR) is 223 cm³/mol. The Labute approximate surface area is 341 Å². The topological polar surface area (TPSA) is 253 Å². The van der Waals surface area contributed by atoms with Crippen LogP contribution < -0.4 is 33.6 Å². The molecule has 0 aliphatic carbocycles. The number of piperazine rings is 2. The van der Waals surface area contributed by atoms with Gasteiger partial charge in [-0.2, -0.15) is 0 Å². The van der Waals surface area contributed by atoms with Crippen LogP contribution in [0.1, 0.15) is 75.3 Å². The number of rotatable bonds is 19. The highest BCUT2D eigenvalue weighted by molar-refractivity contribution is 5.79. The number of benzene rings is 2. The van der Waals surface area contributed by atoms with Gasteiger partial charge >= 0.3 is 24.2 Å². The van der Waals surface area contributed by atoms with Crippen LogP contribution in [0, 0.1) is 0 Å². The third-order valence-corrected chi connectivity index (χ3v) is 9.92. The molecule has 2 aromatic rings. The molecule has 318 valence electrons. The van der Waals surface area contributed by atoms with Crippen LogP contribution in [0.2, 0.25) is 0 Å². The van der Waals surface area contributed by atoms with E-state index in [9.17, 15) is 19.2 Å². The van der Waals surface area contributed by atoms with E-state index in [1.165, 1.54) is 12.8 Å². The fraction of sp³-hybridized carbons (Fsp3) is 0.550. The summed E-state index contributed by atoms with van der Waals surface area (Å²) in [5.74, 6) is -0.0188. The Morgan fingerprint density at radius 1 is 0.466 bits per heavy atom. The summed E-state index contributed by atoms with van der Waals surface area (Å²) in [6.45, 7) is 5.10. The molecule has 2 aliphatic heterocycles. The molecule has 2 fully saturated rings. The van der Waals surface area contributed by atoms with Crippen molar-refractivity contribution in [3.63, 3.8) is 0 Å². The van der Waals surface area contributed by atoms with Crippen molar-refractivity contribution in [3.05, 3.63) is 59.7 Å². The Hall–Kier alpha value is -5.94. The van der Waals surface area contributed by atoms with Gasteiger partial charge in [0.1, 0.15) is 0 Å². The zero-order chi connectivity index (χ0) is 41.5. The zero-order valence-electron chi connectivity index (χ0n) is 33.6. The third kappa shape index (κ3) is 16.7. The van der Waals surface area contributed by atoms with Crippen LogP contribution in [-0.4, -0.2) is 121 Å². The van der Waals surface area contributed by atoms with Crippen molar-refractivity contribution < 1.29 is 28.7 Å². The first-order valence-corrected chi connectivity index (χ1v) is 20.3. The number of urea groups is 2. The quantitative estimate of drug-likeness (QED) is 0.0675. The number of carbonyl (C=O) groups is 4. The van der Waals surface area contributed by atoms with Crippen molar-refractivity contribution >= 4 is 47.5 Å². The minimum absolute atomic E-state index is 0.00941. The molecule has 0 aromatic heterocycles. The molecule has 0 spiro atoms. The second-order valence-electron chi connectivity index (χ2n) is 14.4. The van der Waals surface area contributed by atoms with Crippen molar-refractivity contribution in [2.45, 2.75) is 77.3 Å². The van der Waals surface area contributed by atoms with Crippen LogP contribution in [0.3, 0.4) is 0 Å². The lowest BCUT2D eigenvalue weighted by Crippen LogP contribution is -2.53. The summed E-state index contributed by atoms with van der Waals surface area (Å²) < 4.78 is 11.0. The summed E-state index contributed by atoms with van der Waals surface area (Å²) in [6, 6.07) is 14.2. The molecule has 2 saturated heterocycles. The highest BCUT2D eigenvalue weighted by Crippen LogP contribution is 2.15. The second-order valence-corrected chi connectivity index (χ2v) is 14.4. The number of guanidine groups is 2. The lowest BCUT2D eigenvalue weighted by molar-refractivity contribution is 0.0800. The molecule has 2 aliphatic rings. The smallest absolute Gasteiger partial charge is 0.409 e. The van der Waals surface area contributed by atoms with E-state index in [1.807, 2.05) is 24.3 Å². The fourth-order valence-corrected chi connectivity index (χ4v) is 6.56. The lowest BCUT2D eigenvalue weighted by atomic mass is 10.1. The van der Waals surface area contributed by atoms with E-state index >= 15 is 0 Å². The Morgan fingerprint density at radius 3 is 1.07 bits per heavy atom. The van der Waals surface area contributed by atoms with Crippen LogP contribution in [-0.2, 0) is 22.6 Å². The Morgan fingerprint density at radius 2 is 0.759 bits per heavy atom. The maximum absolute atomic E-state index is 12.6. The van der Waals surface area contributed by atoms with E-state index < -0.39 is 0 Å². The summed E-state index contributed by atoms with van der Waals surface area (Å²) in [6.07, 6.45) is 9.95. The van der Waals surface area contributed by atoms with Crippen molar-refractivity contribution in [2.75, 3.05) is 65.6 Å². The van der Waals surface area contributed by atoms with Crippen molar-refractivity contribution in [3.8, 4) is 0 Å². The maximum atomic E-state index is 12.6. The summed E-state index contributed by atoms with van der Waals surface area (Å²) in [4.78, 5) is 64.9.